The maximum atomic E-state index is 11.7. The van der Waals surface area contributed by atoms with E-state index in [9.17, 15) is 4.79 Å². The summed E-state index contributed by atoms with van der Waals surface area (Å²) < 4.78 is 0.900. The number of amides is 2. The Hall–Kier alpha value is -1.03. The molecule has 0 radical (unpaired) electrons. The van der Waals surface area contributed by atoms with E-state index in [-0.39, 0.29) is 6.03 Å². The van der Waals surface area contributed by atoms with Crippen molar-refractivity contribution in [3.05, 3.63) is 28.7 Å². The van der Waals surface area contributed by atoms with E-state index in [0.717, 1.165) is 23.0 Å². The standard InChI is InChI=1S/C12H15BrN2O/c13-10-7-3-4-8-11(10)15-12(16)14-9-5-1-2-6-9/h3-4,7-9H,1-2,5-6H2,(H2,14,15,16). The summed E-state index contributed by atoms with van der Waals surface area (Å²) in [4.78, 5) is 11.7. The third-order valence-electron chi connectivity index (χ3n) is 2.81. The van der Waals surface area contributed by atoms with Crippen molar-refractivity contribution in [2.75, 3.05) is 5.32 Å². The molecule has 0 atom stereocenters. The van der Waals surface area contributed by atoms with Crippen LogP contribution in [0.1, 0.15) is 25.7 Å². The van der Waals surface area contributed by atoms with Crippen LogP contribution in [0.3, 0.4) is 0 Å². The van der Waals surface area contributed by atoms with Gasteiger partial charge in [-0.3, -0.25) is 0 Å². The number of anilines is 1. The minimum absolute atomic E-state index is 0.112. The van der Waals surface area contributed by atoms with Crippen molar-refractivity contribution in [1.82, 2.24) is 5.32 Å². The molecule has 0 saturated heterocycles. The van der Waals surface area contributed by atoms with Gasteiger partial charge in [-0.15, -0.1) is 0 Å². The van der Waals surface area contributed by atoms with Gasteiger partial charge in [0.15, 0.2) is 0 Å². The summed E-state index contributed by atoms with van der Waals surface area (Å²) in [7, 11) is 0. The largest absolute Gasteiger partial charge is 0.335 e. The molecule has 4 heteroatoms. The molecule has 0 aliphatic heterocycles. The Labute approximate surface area is 104 Å². The van der Waals surface area contributed by atoms with Crippen molar-refractivity contribution in [3.8, 4) is 0 Å². The molecular formula is C12H15BrN2O. The summed E-state index contributed by atoms with van der Waals surface area (Å²) in [6, 6.07) is 7.84. The zero-order valence-electron chi connectivity index (χ0n) is 9.00. The molecule has 16 heavy (non-hydrogen) atoms. The predicted molar refractivity (Wildman–Crippen MR) is 68.6 cm³/mol. The lowest BCUT2D eigenvalue weighted by molar-refractivity contribution is 0.248. The first-order valence-corrected chi connectivity index (χ1v) is 6.37. The highest BCUT2D eigenvalue weighted by atomic mass is 79.9. The van der Waals surface area contributed by atoms with Crippen LogP contribution in [0.5, 0.6) is 0 Å². The van der Waals surface area contributed by atoms with Crippen LogP contribution < -0.4 is 10.6 Å². The van der Waals surface area contributed by atoms with Crippen LogP contribution in [0.4, 0.5) is 10.5 Å². The third-order valence-corrected chi connectivity index (χ3v) is 3.50. The molecule has 1 aliphatic rings. The Bertz CT molecular complexity index is 375. The van der Waals surface area contributed by atoms with Crippen LogP contribution in [0.15, 0.2) is 28.7 Å². The summed E-state index contributed by atoms with van der Waals surface area (Å²) >= 11 is 3.39. The number of hydrogen-bond donors (Lipinski definition) is 2. The molecule has 0 spiro atoms. The summed E-state index contributed by atoms with van der Waals surface area (Å²) in [6.07, 6.45) is 4.65. The molecule has 1 aromatic rings. The molecule has 1 aliphatic carbocycles. The second-order valence-corrected chi connectivity index (χ2v) is 4.91. The van der Waals surface area contributed by atoms with Crippen LogP contribution in [-0.2, 0) is 0 Å². The van der Waals surface area contributed by atoms with E-state index >= 15 is 0 Å². The van der Waals surface area contributed by atoms with Crippen molar-refractivity contribution in [2.24, 2.45) is 0 Å². The normalized spacial score (nSPS) is 16.1. The zero-order valence-corrected chi connectivity index (χ0v) is 10.6. The van der Waals surface area contributed by atoms with Gasteiger partial charge in [0.1, 0.15) is 0 Å². The average molecular weight is 283 g/mol. The highest BCUT2D eigenvalue weighted by molar-refractivity contribution is 9.10. The summed E-state index contributed by atoms with van der Waals surface area (Å²) in [6.45, 7) is 0. The Morgan fingerprint density at radius 3 is 2.62 bits per heavy atom. The molecule has 1 aromatic carbocycles. The van der Waals surface area contributed by atoms with Crippen molar-refractivity contribution in [2.45, 2.75) is 31.7 Å². The number of halogens is 1. The van der Waals surface area contributed by atoms with Gasteiger partial charge in [-0.2, -0.15) is 0 Å². The fourth-order valence-electron chi connectivity index (χ4n) is 1.98. The zero-order chi connectivity index (χ0) is 11.4. The number of nitrogens with one attached hydrogen (secondary N) is 2. The molecule has 0 aromatic heterocycles. The molecular weight excluding hydrogens is 268 g/mol. The maximum absolute atomic E-state index is 11.7. The molecule has 2 rings (SSSR count). The molecule has 2 amide bonds. The second-order valence-electron chi connectivity index (χ2n) is 4.06. The van der Waals surface area contributed by atoms with E-state index < -0.39 is 0 Å². The third kappa shape index (κ3) is 2.98. The van der Waals surface area contributed by atoms with Crippen molar-refractivity contribution < 1.29 is 4.79 Å². The van der Waals surface area contributed by atoms with Gasteiger partial charge >= 0.3 is 6.03 Å². The van der Waals surface area contributed by atoms with Gasteiger partial charge < -0.3 is 10.6 Å². The summed E-state index contributed by atoms with van der Waals surface area (Å²) in [5.74, 6) is 0. The van der Waals surface area contributed by atoms with Gasteiger partial charge in [0.25, 0.3) is 0 Å². The molecule has 0 unspecified atom stereocenters. The molecule has 1 fully saturated rings. The van der Waals surface area contributed by atoms with E-state index in [2.05, 4.69) is 26.6 Å². The Morgan fingerprint density at radius 1 is 1.25 bits per heavy atom. The summed E-state index contributed by atoms with van der Waals surface area (Å²) in [5, 5.41) is 5.82. The van der Waals surface area contributed by atoms with Gasteiger partial charge in [-0.05, 0) is 40.9 Å². The van der Waals surface area contributed by atoms with Crippen LogP contribution >= 0.6 is 15.9 Å². The van der Waals surface area contributed by atoms with Crippen molar-refractivity contribution in [3.63, 3.8) is 0 Å². The molecule has 86 valence electrons. The van der Waals surface area contributed by atoms with E-state index in [1.807, 2.05) is 24.3 Å². The molecule has 1 saturated carbocycles. The van der Waals surface area contributed by atoms with E-state index in [4.69, 9.17) is 0 Å². The van der Waals surface area contributed by atoms with Gasteiger partial charge in [0.2, 0.25) is 0 Å². The highest BCUT2D eigenvalue weighted by Crippen LogP contribution is 2.21. The van der Waals surface area contributed by atoms with E-state index in [1.54, 1.807) is 0 Å². The predicted octanol–water partition coefficient (Wildman–Crippen LogP) is 3.51. The monoisotopic (exact) mass is 282 g/mol. The van der Waals surface area contributed by atoms with E-state index in [1.165, 1.54) is 12.8 Å². The van der Waals surface area contributed by atoms with Crippen LogP contribution in [0, 0.1) is 0 Å². The molecule has 2 N–H and O–H groups in total. The lowest BCUT2D eigenvalue weighted by Crippen LogP contribution is -2.36. The second kappa shape index (κ2) is 5.34. The number of para-hydroxylation sites is 1. The Balaban J connectivity index is 1.89. The molecule has 0 bridgehead atoms. The van der Waals surface area contributed by atoms with Crippen LogP contribution in [-0.4, -0.2) is 12.1 Å². The average Bonchev–Trinajstić information content (AvgIpc) is 2.74. The molecule has 0 heterocycles. The van der Waals surface area contributed by atoms with Crippen LogP contribution in [0.25, 0.3) is 0 Å². The fraction of sp³-hybridized carbons (Fsp3) is 0.417. The number of carbonyl (C=O) groups excluding carboxylic acids is 1. The smallest absolute Gasteiger partial charge is 0.319 e. The first kappa shape index (κ1) is 11.5. The minimum atomic E-state index is -0.112. The van der Waals surface area contributed by atoms with Gasteiger partial charge in [-0.1, -0.05) is 25.0 Å². The van der Waals surface area contributed by atoms with Crippen molar-refractivity contribution in [1.29, 1.82) is 0 Å². The fourth-order valence-corrected chi connectivity index (χ4v) is 2.36. The topological polar surface area (TPSA) is 41.1 Å². The van der Waals surface area contributed by atoms with Gasteiger partial charge in [0.05, 0.1) is 5.69 Å². The van der Waals surface area contributed by atoms with Gasteiger partial charge in [0, 0.05) is 10.5 Å². The quantitative estimate of drug-likeness (QED) is 0.856. The first-order valence-electron chi connectivity index (χ1n) is 5.58. The number of hydrogen-bond acceptors (Lipinski definition) is 1. The number of benzene rings is 1. The van der Waals surface area contributed by atoms with Crippen LogP contribution in [0.2, 0.25) is 0 Å². The number of carbonyl (C=O) groups is 1. The Morgan fingerprint density at radius 2 is 1.94 bits per heavy atom. The SMILES string of the molecule is O=C(Nc1ccccc1Br)NC1CCCC1. The van der Waals surface area contributed by atoms with Crippen molar-refractivity contribution >= 4 is 27.6 Å². The highest BCUT2D eigenvalue weighted by Gasteiger charge is 2.17. The Kier molecular flexibility index (Phi) is 3.83. The van der Waals surface area contributed by atoms with E-state index in [0.29, 0.717) is 6.04 Å². The maximum Gasteiger partial charge on any atom is 0.319 e. The lowest BCUT2D eigenvalue weighted by Gasteiger charge is -2.13. The first-order chi connectivity index (χ1) is 7.75. The summed E-state index contributed by atoms with van der Waals surface area (Å²) in [5.41, 5.74) is 0.804. The number of urea groups is 1. The lowest BCUT2D eigenvalue weighted by atomic mass is 10.2. The number of rotatable bonds is 2. The van der Waals surface area contributed by atoms with Gasteiger partial charge in [-0.25, -0.2) is 4.79 Å². The molecule has 3 nitrogen and oxygen atoms in total. The minimum Gasteiger partial charge on any atom is -0.335 e.